The summed E-state index contributed by atoms with van der Waals surface area (Å²) in [5.41, 5.74) is 0.835. The second-order valence-electron chi connectivity index (χ2n) is 5.69. The van der Waals surface area contributed by atoms with Crippen LogP contribution in [-0.4, -0.2) is 25.1 Å². The summed E-state index contributed by atoms with van der Waals surface area (Å²) >= 11 is 0. The van der Waals surface area contributed by atoms with Gasteiger partial charge in [-0.2, -0.15) is 0 Å². The van der Waals surface area contributed by atoms with Crippen molar-refractivity contribution in [2.24, 2.45) is 11.8 Å². The van der Waals surface area contributed by atoms with Crippen molar-refractivity contribution < 1.29 is 9.53 Å². The first-order valence-electron chi connectivity index (χ1n) is 7.55. The number of anilines is 1. The summed E-state index contributed by atoms with van der Waals surface area (Å²) in [4.78, 5) is 12.4. The van der Waals surface area contributed by atoms with Gasteiger partial charge in [0, 0.05) is 5.69 Å². The normalized spacial score (nSPS) is 28.1. The Hall–Kier alpha value is -1.55. The number of carbonyl (C=O) groups excluding carboxylic acids is 1. The van der Waals surface area contributed by atoms with Gasteiger partial charge in [0.1, 0.15) is 5.75 Å². The highest BCUT2D eigenvalue weighted by molar-refractivity contribution is 5.95. The highest BCUT2D eigenvalue weighted by Gasteiger charge is 2.42. The van der Waals surface area contributed by atoms with Crippen molar-refractivity contribution in [2.75, 3.05) is 18.5 Å². The Morgan fingerprint density at radius 3 is 2.90 bits per heavy atom. The summed E-state index contributed by atoms with van der Waals surface area (Å²) in [6, 6.07) is 7.54. The lowest BCUT2D eigenvalue weighted by Gasteiger charge is -2.17. The van der Waals surface area contributed by atoms with E-state index in [1.807, 2.05) is 31.2 Å². The molecule has 1 aliphatic heterocycles. The van der Waals surface area contributed by atoms with Crippen LogP contribution in [0.15, 0.2) is 24.3 Å². The number of ether oxygens (including phenoxy) is 1. The van der Waals surface area contributed by atoms with E-state index >= 15 is 0 Å². The fourth-order valence-electron chi connectivity index (χ4n) is 3.50. The molecule has 1 aromatic rings. The Balaban J connectivity index is 1.61. The van der Waals surface area contributed by atoms with Crippen molar-refractivity contribution in [3.8, 4) is 5.75 Å². The van der Waals surface area contributed by atoms with Gasteiger partial charge in [0.2, 0.25) is 5.91 Å². The molecule has 3 unspecified atom stereocenters. The monoisotopic (exact) mass is 274 g/mol. The van der Waals surface area contributed by atoms with Gasteiger partial charge in [0.15, 0.2) is 0 Å². The molecule has 3 atom stereocenters. The fraction of sp³-hybridized carbons (Fsp3) is 0.562. The standard InChI is InChI=1S/C16H22N2O2/c1-2-20-13-8-6-12(7-9-13)18-16(19)15-14-5-3-4-11(14)10-17-15/h6-9,11,14-15,17H,2-5,10H2,1H3,(H,18,19). The van der Waals surface area contributed by atoms with E-state index in [0.29, 0.717) is 18.4 Å². The molecule has 1 heterocycles. The van der Waals surface area contributed by atoms with Crippen molar-refractivity contribution in [3.05, 3.63) is 24.3 Å². The summed E-state index contributed by atoms with van der Waals surface area (Å²) in [5, 5.41) is 6.38. The van der Waals surface area contributed by atoms with E-state index in [1.165, 1.54) is 19.3 Å². The van der Waals surface area contributed by atoms with E-state index in [2.05, 4.69) is 10.6 Å². The van der Waals surface area contributed by atoms with Crippen molar-refractivity contribution >= 4 is 11.6 Å². The number of amides is 1. The Morgan fingerprint density at radius 1 is 1.35 bits per heavy atom. The lowest BCUT2D eigenvalue weighted by molar-refractivity contribution is -0.118. The van der Waals surface area contributed by atoms with E-state index in [4.69, 9.17) is 4.74 Å². The first-order valence-corrected chi connectivity index (χ1v) is 7.55. The molecule has 2 N–H and O–H groups in total. The van der Waals surface area contributed by atoms with Gasteiger partial charge in [-0.3, -0.25) is 4.79 Å². The third kappa shape index (κ3) is 2.66. The molecule has 2 aliphatic rings. The molecule has 1 amide bonds. The van der Waals surface area contributed by atoms with Crippen LogP contribution >= 0.6 is 0 Å². The third-order valence-corrected chi connectivity index (χ3v) is 4.46. The zero-order valence-corrected chi connectivity index (χ0v) is 11.9. The summed E-state index contributed by atoms with van der Waals surface area (Å²) in [5.74, 6) is 2.16. The minimum atomic E-state index is -0.0194. The van der Waals surface area contributed by atoms with Crippen LogP contribution in [0.2, 0.25) is 0 Å². The summed E-state index contributed by atoms with van der Waals surface area (Å²) in [7, 11) is 0. The second-order valence-corrected chi connectivity index (χ2v) is 5.69. The smallest absolute Gasteiger partial charge is 0.241 e. The molecule has 4 nitrogen and oxygen atoms in total. The van der Waals surface area contributed by atoms with Crippen molar-refractivity contribution in [3.63, 3.8) is 0 Å². The summed E-state index contributed by atoms with van der Waals surface area (Å²) in [6.07, 6.45) is 3.72. The molecule has 0 aromatic heterocycles. The van der Waals surface area contributed by atoms with Gasteiger partial charge in [0.05, 0.1) is 12.6 Å². The lowest BCUT2D eigenvalue weighted by Crippen LogP contribution is -2.39. The van der Waals surface area contributed by atoms with Gasteiger partial charge in [-0.25, -0.2) is 0 Å². The first-order chi connectivity index (χ1) is 9.78. The number of hydrogen-bond acceptors (Lipinski definition) is 3. The second kappa shape index (κ2) is 5.83. The molecular formula is C16H22N2O2. The minimum Gasteiger partial charge on any atom is -0.494 e. The van der Waals surface area contributed by atoms with Gasteiger partial charge in [-0.1, -0.05) is 6.42 Å². The third-order valence-electron chi connectivity index (χ3n) is 4.46. The van der Waals surface area contributed by atoms with Crippen LogP contribution in [0.1, 0.15) is 26.2 Å². The number of rotatable bonds is 4. The Kier molecular flexibility index (Phi) is 3.92. The number of benzene rings is 1. The number of hydrogen-bond donors (Lipinski definition) is 2. The van der Waals surface area contributed by atoms with E-state index in [-0.39, 0.29) is 11.9 Å². The Labute approximate surface area is 119 Å². The predicted octanol–water partition coefficient (Wildman–Crippen LogP) is 2.41. The molecule has 2 fully saturated rings. The van der Waals surface area contributed by atoms with Crippen LogP contribution < -0.4 is 15.4 Å². The SMILES string of the molecule is CCOc1ccc(NC(=O)C2NCC3CCCC32)cc1. The maximum atomic E-state index is 12.4. The van der Waals surface area contributed by atoms with Crippen LogP contribution in [0.5, 0.6) is 5.75 Å². The highest BCUT2D eigenvalue weighted by Crippen LogP contribution is 2.38. The molecule has 4 heteroatoms. The van der Waals surface area contributed by atoms with Crippen LogP contribution in [-0.2, 0) is 4.79 Å². The summed E-state index contributed by atoms with van der Waals surface area (Å²) in [6.45, 7) is 3.60. The molecule has 0 spiro atoms. The van der Waals surface area contributed by atoms with Gasteiger partial charge in [-0.05, 0) is 62.4 Å². The van der Waals surface area contributed by atoms with Crippen molar-refractivity contribution in [1.82, 2.24) is 5.32 Å². The Bertz CT molecular complexity index is 472. The van der Waals surface area contributed by atoms with Crippen molar-refractivity contribution in [2.45, 2.75) is 32.2 Å². The molecule has 0 radical (unpaired) electrons. The number of carbonyl (C=O) groups is 1. The van der Waals surface area contributed by atoms with Gasteiger partial charge in [-0.15, -0.1) is 0 Å². The van der Waals surface area contributed by atoms with Crippen LogP contribution in [0, 0.1) is 11.8 Å². The van der Waals surface area contributed by atoms with E-state index in [9.17, 15) is 4.79 Å². The highest BCUT2D eigenvalue weighted by atomic mass is 16.5. The van der Waals surface area contributed by atoms with E-state index in [0.717, 1.165) is 18.0 Å². The zero-order valence-electron chi connectivity index (χ0n) is 11.9. The van der Waals surface area contributed by atoms with E-state index < -0.39 is 0 Å². The van der Waals surface area contributed by atoms with Crippen molar-refractivity contribution in [1.29, 1.82) is 0 Å². The summed E-state index contributed by atoms with van der Waals surface area (Å²) < 4.78 is 5.40. The van der Waals surface area contributed by atoms with E-state index in [1.54, 1.807) is 0 Å². The van der Waals surface area contributed by atoms with Gasteiger partial charge in [0.25, 0.3) is 0 Å². The molecule has 1 aromatic carbocycles. The minimum absolute atomic E-state index is 0.0194. The molecule has 108 valence electrons. The number of nitrogens with one attached hydrogen (secondary N) is 2. The molecule has 0 bridgehead atoms. The number of fused-ring (bicyclic) bond motifs is 1. The molecule has 20 heavy (non-hydrogen) atoms. The molecule has 1 saturated carbocycles. The van der Waals surface area contributed by atoms with Gasteiger partial charge >= 0.3 is 0 Å². The topological polar surface area (TPSA) is 50.4 Å². The maximum Gasteiger partial charge on any atom is 0.241 e. The molecule has 3 rings (SSSR count). The zero-order chi connectivity index (χ0) is 13.9. The molecule has 1 saturated heterocycles. The van der Waals surface area contributed by atoms with Crippen LogP contribution in [0.4, 0.5) is 5.69 Å². The quantitative estimate of drug-likeness (QED) is 0.886. The molecular weight excluding hydrogens is 252 g/mol. The predicted molar refractivity (Wildman–Crippen MR) is 78.9 cm³/mol. The largest absolute Gasteiger partial charge is 0.494 e. The molecule has 1 aliphatic carbocycles. The lowest BCUT2D eigenvalue weighted by atomic mass is 9.93. The van der Waals surface area contributed by atoms with Crippen LogP contribution in [0.3, 0.4) is 0 Å². The van der Waals surface area contributed by atoms with Crippen LogP contribution in [0.25, 0.3) is 0 Å². The maximum absolute atomic E-state index is 12.4. The Morgan fingerprint density at radius 2 is 2.15 bits per heavy atom. The average Bonchev–Trinajstić information content (AvgIpc) is 3.03. The average molecular weight is 274 g/mol. The first kappa shape index (κ1) is 13.4. The van der Waals surface area contributed by atoms with Gasteiger partial charge < -0.3 is 15.4 Å². The fourth-order valence-corrected chi connectivity index (χ4v) is 3.50.